The number of hydrogen-bond donors (Lipinski definition) is 0. The minimum atomic E-state index is -0.0560. The normalized spacial score (nSPS) is 34.8. The Balaban J connectivity index is 2.25. The SMILES string of the molecule is C=CCC1CCCC(=O)[C@H]1[C@@H]1C(=O)CCC[C@H]1CC=C. The fourth-order valence-electron chi connectivity index (χ4n) is 4.24. The monoisotopic (exact) mass is 274 g/mol. The Morgan fingerprint density at radius 3 is 1.60 bits per heavy atom. The molecule has 2 rings (SSSR count). The highest BCUT2D eigenvalue weighted by atomic mass is 16.1. The smallest absolute Gasteiger partial charge is 0.136 e. The summed E-state index contributed by atoms with van der Waals surface area (Å²) < 4.78 is 0. The van der Waals surface area contributed by atoms with E-state index in [0.29, 0.717) is 36.2 Å². The molecule has 0 aliphatic heterocycles. The minimum Gasteiger partial charge on any atom is -0.299 e. The highest BCUT2D eigenvalue weighted by Gasteiger charge is 2.44. The molecule has 0 aromatic heterocycles. The maximum atomic E-state index is 12.5. The van der Waals surface area contributed by atoms with E-state index in [0.717, 1.165) is 38.5 Å². The zero-order valence-electron chi connectivity index (χ0n) is 12.4. The third-order valence-corrected chi connectivity index (χ3v) is 5.08. The first-order chi connectivity index (χ1) is 9.69. The predicted molar refractivity (Wildman–Crippen MR) is 81.3 cm³/mol. The van der Waals surface area contributed by atoms with Crippen molar-refractivity contribution >= 4 is 11.6 Å². The second kappa shape index (κ2) is 7.01. The molecule has 110 valence electrons. The molecule has 0 radical (unpaired) electrons. The van der Waals surface area contributed by atoms with Gasteiger partial charge in [0.15, 0.2) is 0 Å². The molecule has 4 atom stereocenters. The zero-order chi connectivity index (χ0) is 14.5. The number of carbonyl (C=O) groups excluding carboxylic acids is 2. The van der Waals surface area contributed by atoms with Crippen molar-refractivity contribution in [1.29, 1.82) is 0 Å². The summed E-state index contributed by atoms with van der Waals surface area (Å²) in [5, 5.41) is 0. The molecular weight excluding hydrogens is 248 g/mol. The first-order valence-electron chi connectivity index (χ1n) is 7.96. The van der Waals surface area contributed by atoms with E-state index in [2.05, 4.69) is 13.2 Å². The van der Waals surface area contributed by atoms with Crippen molar-refractivity contribution in [2.45, 2.75) is 51.4 Å². The van der Waals surface area contributed by atoms with Crippen molar-refractivity contribution in [1.82, 2.24) is 0 Å². The molecule has 2 aliphatic rings. The van der Waals surface area contributed by atoms with E-state index >= 15 is 0 Å². The van der Waals surface area contributed by atoms with Crippen LogP contribution < -0.4 is 0 Å². The molecule has 2 nitrogen and oxygen atoms in total. The number of ketones is 2. The Morgan fingerprint density at radius 2 is 1.25 bits per heavy atom. The van der Waals surface area contributed by atoms with Gasteiger partial charge in [-0.2, -0.15) is 0 Å². The Hall–Kier alpha value is -1.18. The summed E-state index contributed by atoms with van der Waals surface area (Å²) >= 11 is 0. The van der Waals surface area contributed by atoms with Crippen molar-refractivity contribution in [2.75, 3.05) is 0 Å². The minimum absolute atomic E-state index is 0.0560. The summed E-state index contributed by atoms with van der Waals surface area (Å²) in [5.41, 5.74) is 0. The van der Waals surface area contributed by atoms with Gasteiger partial charge in [-0.3, -0.25) is 9.59 Å². The number of carbonyl (C=O) groups is 2. The molecule has 0 aromatic carbocycles. The van der Waals surface area contributed by atoms with Gasteiger partial charge in [0.25, 0.3) is 0 Å². The fourth-order valence-corrected chi connectivity index (χ4v) is 4.24. The van der Waals surface area contributed by atoms with Crippen LogP contribution in [0.5, 0.6) is 0 Å². The topological polar surface area (TPSA) is 34.1 Å². The molecule has 1 unspecified atom stereocenters. The van der Waals surface area contributed by atoms with Crippen LogP contribution in [-0.2, 0) is 9.59 Å². The third kappa shape index (κ3) is 3.11. The van der Waals surface area contributed by atoms with E-state index < -0.39 is 0 Å². The molecule has 0 bridgehead atoms. The Kier molecular flexibility index (Phi) is 5.33. The maximum absolute atomic E-state index is 12.5. The quantitative estimate of drug-likeness (QED) is 0.707. The van der Waals surface area contributed by atoms with Gasteiger partial charge in [-0.1, -0.05) is 12.2 Å². The van der Waals surface area contributed by atoms with E-state index in [-0.39, 0.29) is 11.8 Å². The summed E-state index contributed by atoms with van der Waals surface area (Å²) in [6.07, 6.45) is 10.9. The second-order valence-corrected chi connectivity index (χ2v) is 6.34. The van der Waals surface area contributed by atoms with Gasteiger partial charge < -0.3 is 0 Å². The molecule has 2 heteroatoms. The Morgan fingerprint density at radius 1 is 0.850 bits per heavy atom. The van der Waals surface area contributed by atoms with Crippen molar-refractivity contribution in [3.05, 3.63) is 25.3 Å². The second-order valence-electron chi connectivity index (χ2n) is 6.34. The van der Waals surface area contributed by atoms with Crippen LogP contribution in [0, 0.1) is 23.7 Å². The first kappa shape index (κ1) is 15.2. The van der Waals surface area contributed by atoms with Crippen LogP contribution in [0.3, 0.4) is 0 Å². The number of hydrogen-bond acceptors (Lipinski definition) is 2. The summed E-state index contributed by atoms with van der Waals surface area (Å²) in [6.45, 7) is 7.64. The van der Waals surface area contributed by atoms with E-state index in [4.69, 9.17) is 0 Å². The molecule has 0 amide bonds. The van der Waals surface area contributed by atoms with Gasteiger partial charge in [0.2, 0.25) is 0 Å². The highest BCUT2D eigenvalue weighted by molar-refractivity contribution is 5.91. The van der Waals surface area contributed by atoms with Crippen molar-refractivity contribution in [2.24, 2.45) is 23.7 Å². The lowest BCUT2D eigenvalue weighted by Gasteiger charge is -2.40. The van der Waals surface area contributed by atoms with Crippen LogP contribution in [0.4, 0.5) is 0 Å². The molecule has 0 spiro atoms. The average Bonchev–Trinajstić information content (AvgIpc) is 2.42. The van der Waals surface area contributed by atoms with Crippen LogP contribution in [0.25, 0.3) is 0 Å². The van der Waals surface area contributed by atoms with E-state index in [1.807, 2.05) is 12.2 Å². The molecule has 0 aromatic rings. The highest BCUT2D eigenvalue weighted by Crippen LogP contribution is 2.43. The maximum Gasteiger partial charge on any atom is 0.136 e. The molecule has 0 heterocycles. The molecule has 0 N–H and O–H groups in total. The van der Waals surface area contributed by atoms with Gasteiger partial charge in [0.05, 0.1) is 0 Å². The van der Waals surface area contributed by atoms with E-state index in [9.17, 15) is 9.59 Å². The van der Waals surface area contributed by atoms with Crippen molar-refractivity contribution in [3.63, 3.8) is 0 Å². The molecule has 2 aliphatic carbocycles. The number of Topliss-reactive ketones (excluding diaryl/α,β-unsaturated/α-hetero) is 2. The summed E-state index contributed by atoms with van der Waals surface area (Å²) in [5.74, 6) is 1.18. The van der Waals surface area contributed by atoms with Gasteiger partial charge in [-0.05, 0) is 50.4 Å². The zero-order valence-corrected chi connectivity index (χ0v) is 12.4. The van der Waals surface area contributed by atoms with Crippen molar-refractivity contribution in [3.8, 4) is 0 Å². The molecule has 0 saturated heterocycles. The Labute approximate surface area is 122 Å². The lowest BCUT2D eigenvalue weighted by molar-refractivity contribution is -0.140. The Bertz CT molecular complexity index is 358. The number of allylic oxidation sites excluding steroid dienone is 2. The lowest BCUT2D eigenvalue weighted by Crippen LogP contribution is -2.43. The van der Waals surface area contributed by atoms with Gasteiger partial charge in [0.1, 0.15) is 11.6 Å². The van der Waals surface area contributed by atoms with Crippen LogP contribution in [0.15, 0.2) is 25.3 Å². The summed E-state index contributed by atoms with van der Waals surface area (Å²) in [7, 11) is 0. The van der Waals surface area contributed by atoms with E-state index in [1.54, 1.807) is 0 Å². The van der Waals surface area contributed by atoms with Crippen LogP contribution >= 0.6 is 0 Å². The average molecular weight is 274 g/mol. The van der Waals surface area contributed by atoms with E-state index in [1.165, 1.54) is 0 Å². The standard InChI is InChI=1S/C18H26O2/c1-3-7-13-9-5-11-15(19)17(13)18-14(8-4-2)10-6-12-16(18)20/h3-4,13-14,17-18H,1-2,5-12H2/t13-,14?,17+,18+/m1/s1. The van der Waals surface area contributed by atoms with Gasteiger partial charge in [-0.15, -0.1) is 13.2 Å². The van der Waals surface area contributed by atoms with Crippen LogP contribution in [-0.4, -0.2) is 11.6 Å². The molecular formula is C18H26O2. The largest absolute Gasteiger partial charge is 0.299 e. The summed E-state index contributed by atoms with van der Waals surface area (Å²) in [4.78, 5) is 24.9. The fraction of sp³-hybridized carbons (Fsp3) is 0.667. The summed E-state index contributed by atoms with van der Waals surface area (Å²) in [6, 6.07) is 0. The molecule has 20 heavy (non-hydrogen) atoms. The first-order valence-corrected chi connectivity index (χ1v) is 7.96. The van der Waals surface area contributed by atoms with Gasteiger partial charge >= 0.3 is 0 Å². The predicted octanol–water partition coefficient (Wildman–Crippen LogP) is 4.11. The third-order valence-electron chi connectivity index (χ3n) is 5.08. The van der Waals surface area contributed by atoms with Gasteiger partial charge in [0, 0.05) is 24.7 Å². The van der Waals surface area contributed by atoms with Crippen LogP contribution in [0.2, 0.25) is 0 Å². The molecule has 2 saturated carbocycles. The van der Waals surface area contributed by atoms with Gasteiger partial charge in [-0.25, -0.2) is 0 Å². The molecule has 2 fully saturated rings. The number of rotatable bonds is 5. The van der Waals surface area contributed by atoms with Crippen LogP contribution in [0.1, 0.15) is 51.4 Å². The van der Waals surface area contributed by atoms with Crippen molar-refractivity contribution < 1.29 is 9.59 Å². The lowest BCUT2D eigenvalue weighted by atomic mass is 9.62.